The fraction of sp³-hybridized carbons (Fsp3) is 0.333. The van der Waals surface area contributed by atoms with Crippen LogP contribution in [0.1, 0.15) is 23.1 Å². The Labute approximate surface area is 153 Å². The molecule has 1 atom stereocenters. The number of nitrogens with zero attached hydrogens (tertiary/aromatic N) is 1. The van der Waals surface area contributed by atoms with Crippen molar-refractivity contribution < 1.29 is 14.0 Å². The minimum Gasteiger partial charge on any atom is -0.355 e. The van der Waals surface area contributed by atoms with Crippen LogP contribution in [0.4, 0.5) is 4.39 Å². The molecule has 1 heterocycles. The first-order valence-electron chi connectivity index (χ1n) is 8.84. The summed E-state index contributed by atoms with van der Waals surface area (Å²) in [5, 5.41) is 2.94. The van der Waals surface area contributed by atoms with E-state index in [1.807, 2.05) is 31.2 Å². The van der Waals surface area contributed by atoms with Crippen molar-refractivity contribution in [1.29, 1.82) is 0 Å². The van der Waals surface area contributed by atoms with Crippen molar-refractivity contribution in [2.24, 2.45) is 5.92 Å². The smallest absolute Gasteiger partial charge is 0.224 e. The van der Waals surface area contributed by atoms with Crippen molar-refractivity contribution in [3.8, 4) is 0 Å². The number of hydrogen-bond acceptors (Lipinski definition) is 2. The molecule has 4 nitrogen and oxygen atoms in total. The number of carbonyl (C=O) groups is 2. The molecule has 0 spiro atoms. The maximum atomic E-state index is 13.0. The second kappa shape index (κ2) is 8.13. The summed E-state index contributed by atoms with van der Waals surface area (Å²) in [6.07, 6.45) is 0.785. The maximum Gasteiger partial charge on any atom is 0.224 e. The zero-order valence-corrected chi connectivity index (χ0v) is 14.9. The van der Waals surface area contributed by atoms with E-state index in [0.717, 1.165) is 16.7 Å². The highest BCUT2D eigenvalue weighted by Gasteiger charge is 2.29. The van der Waals surface area contributed by atoms with Gasteiger partial charge in [0.05, 0.1) is 6.42 Å². The molecule has 2 amide bonds. The van der Waals surface area contributed by atoms with Crippen LogP contribution in [0.15, 0.2) is 48.5 Å². The highest BCUT2D eigenvalue weighted by molar-refractivity contribution is 5.80. The second-order valence-corrected chi connectivity index (χ2v) is 6.94. The molecule has 1 fully saturated rings. The lowest BCUT2D eigenvalue weighted by atomic mass is 10.1. The lowest BCUT2D eigenvalue weighted by Crippen LogP contribution is -2.32. The van der Waals surface area contributed by atoms with E-state index in [9.17, 15) is 14.0 Å². The molecule has 0 aliphatic carbocycles. The van der Waals surface area contributed by atoms with Gasteiger partial charge in [0.2, 0.25) is 11.8 Å². The van der Waals surface area contributed by atoms with Crippen LogP contribution in [0, 0.1) is 18.7 Å². The number of benzene rings is 2. The average molecular weight is 354 g/mol. The van der Waals surface area contributed by atoms with E-state index in [4.69, 9.17) is 0 Å². The summed E-state index contributed by atoms with van der Waals surface area (Å²) in [5.41, 5.74) is 3.03. The fourth-order valence-electron chi connectivity index (χ4n) is 3.28. The monoisotopic (exact) mass is 354 g/mol. The first-order valence-corrected chi connectivity index (χ1v) is 8.84. The van der Waals surface area contributed by atoms with E-state index in [-0.39, 0.29) is 23.5 Å². The minimum absolute atomic E-state index is 0.0277. The Morgan fingerprint density at radius 2 is 1.96 bits per heavy atom. The molecule has 1 saturated heterocycles. The van der Waals surface area contributed by atoms with Gasteiger partial charge in [-0.1, -0.05) is 42.0 Å². The molecule has 0 saturated carbocycles. The number of likely N-dealkylation sites (tertiary alicyclic amines) is 1. The number of rotatable bonds is 6. The molecular formula is C21H23FN2O2. The molecule has 1 N–H and O–H groups in total. The van der Waals surface area contributed by atoms with E-state index in [1.165, 1.54) is 12.1 Å². The van der Waals surface area contributed by atoms with Gasteiger partial charge in [-0.05, 0) is 30.2 Å². The van der Waals surface area contributed by atoms with E-state index < -0.39 is 0 Å². The van der Waals surface area contributed by atoms with Gasteiger partial charge in [0, 0.05) is 32.0 Å². The van der Waals surface area contributed by atoms with Gasteiger partial charge >= 0.3 is 0 Å². The lowest BCUT2D eigenvalue weighted by Gasteiger charge is -2.17. The standard InChI is InChI=1S/C21H23FN2O2/c1-15-3-2-4-17(9-15)10-20(25)23-12-18-11-21(26)24(14-18)13-16-5-7-19(22)8-6-16/h2-9,18H,10-14H2,1H3,(H,23,25). The summed E-state index contributed by atoms with van der Waals surface area (Å²) < 4.78 is 13.0. The van der Waals surface area contributed by atoms with Gasteiger partial charge in [-0.25, -0.2) is 4.39 Å². The first-order chi connectivity index (χ1) is 12.5. The van der Waals surface area contributed by atoms with Gasteiger partial charge < -0.3 is 10.2 Å². The van der Waals surface area contributed by atoms with Crippen LogP contribution in [0.5, 0.6) is 0 Å². The number of aryl methyl sites for hydroxylation is 1. The Balaban J connectivity index is 1.46. The molecule has 2 aromatic rings. The first kappa shape index (κ1) is 18.1. The lowest BCUT2D eigenvalue weighted by molar-refractivity contribution is -0.128. The third-order valence-corrected chi connectivity index (χ3v) is 4.62. The number of hydrogen-bond donors (Lipinski definition) is 1. The normalized spacial score (nSPS) is 16.8. The van der Waals surface area contributed by atoms with Gasteiger partial charge in [-0.2, -0.15) is 0 Å². The molecular weight excluding hydrogens is 331 g/mol. The van der Waals surface area contributed by atoms with E-state index in [1.54, 1.807) is 17.0 Å². The van der Waals surface area contributed by atoms with E-state index in [2.05, 4.69) is 5.32 Å². The van der Waals surface area contributed by atoms with Crippen LogP contribution < -0.4 is 5.32 Å². The number of halogens is 1. The third-order valence-electron chi connectivity index (χ3n) is 4.62. The molecule has 26 heavy (non-hydrogen) atoms. The molecule has 0 radical (unpaired) electrons. The third kappa shape index (κ3) is 4.91. The van der Waals surface area contributed by atoms with E-state index in [0.29, 0.717) is 32.5 Å². The molecule has 136 valence electrons. The van der Waals surface area contributed by atoms with Crippen molar-refractivity contribution in [2.75, 3.05) is 13.1 Å². The maximum absolute atomic E-state index is 13.0. The molecule has 1 unspecified atom stereocenters. The zero-order chi connectivity index (χ0) is 18.5. The predicted molar refractivity (Wildman–Crippen MR) is 97.8 cm³/mol. The minimum atomic E-state index is -0.282. The Hall–Kier alpha value is -2.69. The van der Waals surface area contributed by atoms with Crippen molar-refractivity contribution in [2.45, 2.75) is 26.3 Å². The van der Waals surface area contributed by atoms with Crippen LogP contribution in [0.2, 0.25) is 0 Å². The van der Waals surface area contributed by atoms with Crippen LogP contribution in [-0.2, 0) is 22.6 Å². The van der Waals surface area contributed by atoms with Gasteiger partial charge in [-0.15, -0.1) is 0 Å². The van der Waals surface area contributed by atoms with Crippen molar-refractivity contribution in [1.82, 2.24) is 10.2 Å². The zero-order valence-electron chi connectivity index (χ0n) is 14.9. The number of nitrogens with one attached hydrogen (secondary N) is 1. The van der Waals surface area contributed by atoms with Gasteiger partial charge in [0.15, 0.2) is 0 Å². The second-order valence-electron chi connectivity index (χ2n) is 6.94. The quantitative estimate of drug-likeness (QED) is 0.867. The van der Waals surface area contributed by atoms with Crippen molar-refractivity contribution >= 4 is 11.8 Å². The van der Waals surface area contributed by atoms with Crippen LogP contribution in [-0.4, -0.2) is 29.8 Å². The SMILES string of the molecule is Cc1cccc(CC(=O)NCC2CC(=O)N(Cc3ccc(F)cc3)C2)c1. The highest BCUT2D eigenvalue weighted by Crippen LogP contribution is 2.20. The van der Waals surface area contributed by atoms with Gasteiger partial charge in [-0.3, -0.25) is 9.59 Å². The Morgan fingerprint density at radius 1 is 1.19 bits per heavy atom. The Bertz CT molecular complexity index is 789. The molecule has 3 rings (SSSR count). The van der Waals surface area contributed by atoms with Crippen LogP contribution >= 0.6 is 0 Å². The molecule has 1 aliphatic rings. The predicted octanol–water partition coefficient (Wildman–Crippen LogP) is 2.84. The highest BCUT2D eigenvalue weighted by atomic mass is 19.1. The summed E-state index contributed by atoms with van der Waals surface area (Å²) in [6.45, 7) is 3.59. The topological polar surface area (TPSA) is 49.4 Å². The number of carbonyl (C=O) groups excluding carboxylic acids is 2. The largest absolute Gasteiger partial charge is 0.355 e. The summed E-state index contributed by atoms with van der Waals surface area (Å²) in [5.74, 6) is -0.118. The summed E-state index contributed by atoms with van der Waals surface area (Å²) in [6, 6.07) is 14.1. The van der Waals surface area contributed by atoms with Crippen molar-refractivity contribution in [3.05, 3.63) is 71.0 Å². The van der Waals surface area contributed by atoms with E-state index >= 15 is 0 Å². The van der Waals surface area contributed by atoms with Gasteiger partial charge in [0.1, 0.15) is 5.82 Å². The van der Waals surface area contributed by atoms with Crippen LogP contribution in [0.3, 0.4) is 0 Å². The fourth-order valence-corrected chi connectivity index (χ4v) is 3.28. The van der Waals surface area contributed by atoms with Crippen LogP contribution in [0.25, 0.3) is 0 Å². The van der Waals surface area contributed by atoms with Gasteiger partial charge in [0.25, 0.3) is 0 Å². The summed E-state index contributed by atoms with van der Waals surface area (Å²) in [4.78, 5) is 26.1. The summed E-state index contributed by atoms with van der Waals surface area (Å²) >= 11 is 0. The molecule has 5 heteroatoms. The Morgan fingerprint density at radius 3 is 2.69 bits per heavy atom. The number of amides is 2. The average Bonchev–Trinajstić information content (AvgIpc) is 2.95. The van der Waals surface area contributed by atoms with Crippen molar-refractivity contribution in [3.63, 3.8) is 0 Å². The molecule has 2 aromatic carbocycles. The Kier molecular flexibility index (Phi) is 5.66. The molecule has 1 aliphatic heterocycles. The summed E-state index contributed by atoms with van der Waals surface area (Å²) in [7, 11) is 0. The molecule has 0 aromatic heterocycles. The molecule has 0 bridgehead atoms.